The lowest BCUT2D eigenvalue weighted by Crippen LogP contribution is -2.51. The van der Waals surface area contributed by atoms with E-state index in [4.69, 9.17) is 14.2 Å². The molecule has 3 saturated carbocycles. The maximum absolute atomic E-state index is 13.1. The summed E-state index contributed by atoms with van der Waals surface area (Å²) >= 11 is 0. The highest BCUT2D eigenvalue weighted by molar-refractivity contribution is 5.87. The zero-order valence-corrected chi connectivity index (χ0v) is 16.0. The lowest BCUT2D eigenvalue weighted by atomic mass is 9.61. The van der Waals surface area contributed by atoms with Crippen LogP contribution in [0.25, 0.3) is 0 Å². The molecule has 4 fully saturated rings. The lowest BCUT2D eigenvalue weighted by Gasteiger charge is -2.44. The molecular weight excluding hydrogens is 364 g/mol. The minimum absolute atomic E-state index is 0.132. The third-order valence-corrected chi connectivity index (χ3v) is 8.48. The van der Waals surface area contributed by atoms with Crippen molar-refractivity contribution < 1.29 is 33.7 Å². The molecule has 5 rings (SSSR count). The quantitative estimate of drug-likeness (QED) is 0.337. The van der Waals surface area contributed by atoms with Crippen LogP contribution in [0.5, 0.6) is 0 Å². The van der Waals surface area contributed by atoms with Gasteiger partial charge in [-0.15, -0.1) is 0 Å². The van der Waals surface area contributed by atoms with Crippen molar-refractivity contribution in [2.45, 2.75) is 49.9 Å². The fourth-order valence-corrected chi connectivity index (χ4v) is 7.47. The Morgan fingerprint density at radius 2 is 2.21 bits per heavy atom. The predicted octanol–water partition coefficient (Wildman–Crippen LogP) is 1.30. The van der Waals surface area contributed by atoms with Crippen LogP contribution in [0.15, 0.2) is 24.3 Å². The van der Waals surface area contributed by atoms with Crippen molar-refractivity contribution in [3.8, 4) is 0 Å². The van der Waals surface area contributed by atoms with E-state index in [0.717, 1.165) is 5.57 Å². The summed E-state index contributed by atoms with van der Waals surface area (Å²) in [7, 11) is 1.34. The first-order valence-corrected chi connectivity index (χ1v) is 9.70. The molecule has 4 bridgehead atoms. The number of aliphatic hydroxyl groups is 1. The van der Waals surface area contributed by atoms with E-state index in [1.54, 1.807) is 13.0 Å². The van der Waals surface area contributed by atoms with Crippen LogP contribution in [0.1, 0.15) is 32.6 Å². The van der Waals surface area contributed by atoms with Crippen LogP contribution < -0.4 is 0 Å². The minimum Gasteiger partial charge on any atom is -0.469 e. The van der Waals surface area contributed by atoms with E-state index in [1.807, 2.05) is 6.08 Å². The van der Waals surface area contributed by atoms with E-state index in [9.17, 15) is 19.5 Å². The number of hydrogen-bond donors (Lipinski definition) is 1. The van der Waals surface area contributed by atoms with E-state index < -0.39 is 51.9 Å². The predicted molar refractivity (Wildman–Crippen MR) is 94.5 cm³/mol. The van der Waals surface area contributed by atoms with Crippen molar-refractivity contribution in [2.24, 2.45) is 28.6 Å². The summed E-state index contributed by atoms with van der Waals surface area (Å²) in [4.78, 5) is 37.2. The van der Waals surface area contributed by atoms with Crippen LogP contribution in [-0.4, -0.2) is 47.9 Å². The molecule has 1 saturated heterocycles. The Hall–Kier alpha value is -2.15. The third-order valence-electron chi connectivity index (χ3n) is 8.48. The van der Waals surface area contributed by atoms with Crippen molar-refractivity contribution in [2.75, 3.05) is 7.11 Å². The second-order valence-electron chi connectivity index (χ2n) is 9.33. The van der Waals surface area contributed by atoms with E-state index in [2.05, 4.69) is 6.58 Å². The minimum atomic E-state index is -1.19. The highest BCUT2D eigenvalue weighted by Crippen LogP contribution is 2.77. The van der Waals surface area contributed by atoms with Gasteiger partial charge >= 0.3 is 11.9 Å². The second kappa shape index (κ2) is 5.06. The summed E-state index contributed by atoms with van der Waals surface area (Å²) in [6.45, 7) is 6.13. The van der Waals surface area contributed by atoms with E-state index in [0.29, 0.717) is 32.2 Å². The molecule has 1 N–H and O–H groups in total. The fourth-order valence-electron chi connectivity index (χ4n) is 7.47. The molecule has 1 aliphatic heterocycles. The van der Waals surface area contributed by atoms with Crippen molar-refractivity contribution in [1.29, 1.82) is 0 Å². The van der Waals surface area contributed by atoms with Crippen LogP contribution in [0.3, 0.4) is 0 Å². The average Bonchev–Trinajstić information content (AvgIpc) is 3.07. The standard InChI is InChI=1S/C21H24O7/c1-11-8-19-9-20(11,25)6-4-12(19)21-7-5-13(27-10-22)18(2,17(24)28-21)15(21)14(19)16(23)26-3/h5,7,10,12-15,25H,1,4,6,8-9H2,2-3H3/t12-,13+,14-,15-,18+,19+,20+,21-/m1/s1. The van der Waals surface area contributed by atoms with Gasteiger partial charge in [0.25, 0.3) is 6.47 Å². The topological polar surface area (TPSA) is 99.1 Å². The van der Waals surface area contributed by atoms with Gasteiger partial charge in [-0.2, -0.15) is 0 Å². The number of carbonyl (C=O) groups is 3. The van der Waals surface area contributed by atoms with Crippen molar-refractivity contribution in [1.82, 2.24) is 0 Å². The molecule has 7 nitrogen and oxygen atoms in total. The van der Waals surface area contributed by atoms with Gasteiger partial charge in [-0.1, -0.05) is 6.58 Å². The maximum atomic E-state index is 13.1. The van der Waals surface area contributed by atoms with Gasteiger partial charge in [-0.25, -0.2) is 0 Å². The zero-order chi connectivity index (χ0) is 20.1. The van der Waals surface area contributed by atoms with Crippen molar-refractivity contribution in [3.63, 3.8) is 0 Å². The molecule has 7 heteroatoms. The smallest absolute Gasteiger partial charge is 0.317 e. The van der Waals surface area contributed by atoms with Crippen LogP contribution in [0.4, 0.5) is 0 Å². The number of rotatable bonds is 3. The van der Waals surface area contributed by atoms with Gasteiger partial charge in [0.05, 0.1) is 18.6 Å². The number of esters is 2. The first kappa shape index (κ1) is 17.9. The van der Waals surface area contributed by atoms with Crippen LogP contribution in [-0.2, 0) is 28.6 Å². The van der Waals surface area contributed by atoms with E-state index in [1.165, 1.54) is 7.11 Å². The SMILES string of the molecule is C=C1C[C@]23C[C@@]1(O)CC[C@H]2[C@@]12C=C[C@H](OC=O)[C@](C)(C(=O)O1)[C@H]2[C@@H]3C(=O)OC. The molecule has 0 aromatic heterocycles. The molecule has 8 atom stereocenters. The van der Waals surface area contributed by atoms with Crippen LogP contribution in [0, 0.1) is 28.6 Å². The van der Waals surface area contributed by atoms with Gasteiger partial charge in [0.15, 0.2) is 0 Å². The molecule has 0 unspecified atom stereocenters. The molecule has 28 heavy (non-hydrogen) atoms. The molecule has 4 aliphatic carbocycles. The van der Waals surface area contributed by atoms with E-state index in [-0.39, 0.29) is 5.92 Å². The molecule has 1 heterocycles. The molecule has 0 aromatic carbocycles. The molecule has 5 aliphatic rings. The number of carbonyl (C=O) groups excluding carboxylic acids is 3. The number of hydrogen-bond acceptors (Lipinski definition) is 7. The lowest BCUT2D eigenvalue weighted by molar-refractivity contribution is -0.166. The molecule has 0 radical (unpaired) electrons. The number of fused-ring (bicyclic) bond motifs is 1. The zero-order valence-electron chi connectivity index (χ0n) is 16.0. The first-order chi connectivity index (χ1) is 13.2. The number of ether oxygens (including phenoxy) is 3. The maximum Gasteiger partial charge on any atom is 0.317 e. The summed E-state index contributed by atoms with van der Waals surface area (Å²) in [6, 6.07) is 0. The highest BCUT2D eigenvalue weighted by Gasteiger charge is 2.84. The summed E-state index contributed by atoms with van der Waals surface area (Å²) < 4.78 is 16.5. The molecule has 1 spiro atoms. The monoisotopic (exact) mass is 388 g/mol. The molecule has 0 aromatic rings. The number of methoxy groups -OCH3 is 1. The van der Waals surface area contributed by atoms with Crippen molar-refractivity contribution in [3.05, 3.63) is 24.3 Å². The Bertz CT molecular complexity index is 848. The summed E-state index contributed by atoms with van der Waals surface area (Å²) in [6.07, 6.45) is 4.76. The summed E-state index contributed by atoms with van der Waals surface area (Å²) in [5.74, 6) is -2.20. The first-order valence-electron chi connectivity index (χ1n) is 9.70. The average molecular weight is 388 g/mol. The van der Waals surface area contributed by atoms with Gasteiger partial charge in [0.1, 0.15) is 17.1 Å². The Morgan fingerprint density at radius 3 is 2.89 bits per heavy atom. The summed E-state index contributed by atoms with van der Waals surface area (Å²) in [5, 5.41) is 11.1. The normalized spacial score (nSPS) is 52.7. The summed E-state index contributed by atoms with van der Waals surface area (Å²) in [5.41, 5.74) is -3.01. The van der Waals surface area contributed by atoms with Gasteiger partial charge in [0.2, 0.25) is 0 Å². The van der Waals surface area contributed by atoms with Crippen LogP contribution in [0.2, 0.25) is 0 Å². The fraction of sp³-hybridized carbons (Fsp3) is 0.667. The molecular formula is C21H24O7. The second-order valence-corrected chi connectivity index (χ2v) is 9.33. The molecule has 150 valence electrons. The largest absolute Gasteiger partial charge is 0.469 e. The van der Waals surface area contributed by atoms with Gasteiger partial charge in [0, 0.05) is 11.8 Å². The van der Waals surface area contributed by atoms with Gasteiger partial charge in [-0.05, 0) is 55.7 Å². The van der Waals surface area contributed by atoms with E-state index >= 15 is 0 Å². The Labute approximate surface area is 162 Å². The van der Waals surface area contributed by atoms with Gasteiger partial charge < -0.3 is 19.3 Å². The highest BCUT2D eigenvalue weighted by atomic mass is 16.6. The Balaban J connectivity index is 1.75. The van der Waals surface area contributed by atoms with Crippen LogP contribution >= 0.6 is 0 Å². The Kier molecular flexibility index (Phi) is 3.24. The van der Waals surface area contributed by atoms with Crippen molar-refractivity contribution >= 4 is 18.4 Å². The Morgan fingerprint density at radius 1 is 1.46 bits per heavy atom. The van der Waals surface area contributed by atoms with Gasteiger partial charge in [-0.3, -0.25) is 14.4 Å². The molecule has 0 amide bonds. The third kappa shape index (κ3) is 1.65.